The minimum Gasteiger partial charge on any atom is -0.341 e. The van der Waals surface area contributed by atoms with Gasteiger partial charge < -0.3 is 4.90 Å². The van der Waals surface area contributed by atoms with Gasteiger partial charge in [-0.25, -0.2) is 0 Å². The van der Waals surface area contributed by atoms with Gasteiger partial charge in [0.15, 0.2) is 0 Å². The summed E-state index contributed by atoms with van der Waals surface area (Å²) in [5.41, 5.74) is 2.40. The van der Waals surface area contributed by atoms with E-state index in [-0.39, 0.29) is 11.3 Å². The second kappa shape index (κ2) is 8.19. The fourth-order valence-electron chi connectivity index (χ4n) is 6.29. The quantitative estimate of drug-likeness (QED) is 0.713. The van der Waals surface area contributed by atoms with Gasteiger partial charge in [0.25, 0.3) is 0 Å². The number of benzene rings is 2. The van der Waals surface area contributed by atoms with Crippen LogP contribution in [0.2, 0.25) is 0 Å². The van der Waals surface area contributed by atoms with Crippen LogP contribution >= 0.6 is 0 Å². The SMILES string of the molecule is CN(C(=O)C1CC1(c1ccccc1)c1ccccc1)[C@H]1CCCC[C@@H]1N1CCCC1. The Kier molecular flexibility index (Phi) is 5.41. The Morgan fingerprint density at radius 1 is 0.867 bits per heavy atom. The lowest BCUT2D eigenvalue weighted by molar-refractivity contribution is -0.135. The third kappa shape index (κ3) is 3.37. The molecule has 1 aliphatic heterocycles. The van der Waals surface area contributed by atoms with Crippen LogP contribution in [0.15, 0.2) is 60.7 Å². The van der Waals surface area contributed by atoms with Gasteiger partial charge in [-0.15, -0.1) is 0 Å². The van der Waals surface area contributed by atoms with Crippen molar-refractivity contribution in [1.82, 2.24) is 9.80 Å². The normalized spacial score (nSPS) is 28.2. The second-order valence-corrected chi connectivity index (χ2v) is 9.57. The van der Waals surface area contributed by atoms with Gasteiger partial charge in [-0.3, -0.25) is 9.69 Å². The first-order valence-corrected chi connectivity index (χ1v) is 11.8. The Hall–Kier alpha value is -2.13. The highest BCUT2D eigenvalue weighted by atomic mass is 16.2. The summed E-state index contributed by atoms with van der Waals surface area (Å²) in [6.07, 6.45) is 8.50. The van der Waals surface area contributed by atoms with E-state index in [4.69, 9.17) is 0 Å². The van der Waals surface area contributed by atoms with E-state index >= 15 is 0 Å². The van der Waals surface area contributed by atoms with Crippen molar-refractivity contribution in [3.05, 3.63) is 71.8 Å². The van der Waals surface area contributed by atoms with Gasteiger partial charge in [0, 0.05) is 24.5 Å². The fraction of sp³-hybridized carbons (Fsp3) is 0.519. The largest absolute Gasteiger partial charge is 0.341 e. The first-order valence-electron chi connectivity index (χ1n) is 11.8. The fourth-order valence-corrected chi connectivity index (χ4v) is 6.29. The number of carbonyl (C=O) groups is 1. The highest BCUT2D eigenvalue weighted by Gasteiger charge is 2.61. The van der Waals surface area contributed by atoms with Crippen LogP contribution in [0.3, 0.4) is 0 Å². The van der Waals surface area contributed by atoms with Crippen molar-refractivity contribution in [1.29, 1.82) is 0 Å². The van der Waals surface area contributed by atoms with Crippen LogP contribution in [-0.4, -0.2) is 47.9 Å². The van der Waals surface area contributed by atoms with Crippen LogP contribution in [0.5, 0.6) is 0 Å². The number of hydrogen-bond acceptors (Lipinski definition) is 2. The summed E-state index contributed by atoms with van der Waals surface area (Å²) in [4.78, 5) is 18.7. The summed E-state index contributed by atoms with van der Waals surface area (Å²) >= 11 is 0. The molecular weight excluding hydrogens is 368 g/mol. The van der Waals surface area contributed by atoms with Gasteiger partial charge in [0.05, 0.1) is 5.92 Å². The molecule has 2 aliphatic carbocycles. The van der Waals surface area contributed by atoms with E-state index < -0.39 is 0 Å². The van der Waals surface area contributed by atoms with Gasteiger partial charge in [-0.05, 0) is 56.3 Å². The van der Waals surface area contributed by atoms with Crippen LogP contribution in [0.25, 0.3) is 0 Å². The molecule has 1 unspecified atom stereocenters. The summed E-state index contributed by atoms with van der Waals surface area (Å²) in [5.74, 6) is 0.396. The van der Waals surface area contributed by atoms with Crippen LogP contribution in [-0.2, 0) is 10.2 Å². The Morgan fingerprint density at radius 3 is 2.03 bits per heavy atom. The highest BCUT2D eigenvalue weighted by Crippen LogP contribution is 2.59. The molecule has 3 fully saturated rings. The van der Waals surface area contributed by atoms with E-state index in [1.54, 1.807) is 0 Å². The van der Waals surface area contributed by atoms with E-state index in [1.165, 1.54) is 56.3 Å². The Morgan fingerprint density at radius 2 is 1.43 bits per heavy atom. The molecule has 2 aromatic rings. The molecule has 3 aliphatic rings. The van der Waals surface area contributed by atoms with Crippen molar-refractivity contribution in [3.8, 4) is 0 Å². The smallest absolute Gasteiger partial charge is 0.227 e. The lowest BCUT2D eigenvalue weighted by Gasteiger charge is -2.42. The van der Waals surface area contributed by atoms with Crippen molar-refractivity contribution >= 4 is 5.91 Å². The zero-order valence-electron chi connectivity index (χ0n) is 18.2. The maximum absolute atomic E-state index is 13.8. The molecule has 0 radical (unpaired) electrons. The predicted octanol–water partition coefficient (Wildman–Crippen LogP) is 4.86. The number of carbonyl (C=O) groups excluding carboxylic acids is 1. The summed E-state index contributed by atoms with van der Waals surface area (Å²) in [5, 5.41) is 0. The Labute approximate surface area is 181 Å². The standard InChI is InChI=1S/C27H34N2O/c1-28(24-16-8-9-17-25(24)29-18-10-11-19-29)26(30)23-20-27(23,21-12-4-2-5-13-21)22-14-6-3-7-15-22/h2-7,12-15,23-25H,8-11,16-20H2,1H3/t23?,24-,25-/m0/s1. The molecule has 158 valence electrons. The molecule has 3 nitrogen and oxygen atoms in total. The number of likely N-dealkylation sites (tertiary alicyclic amines) is 1. The third-order valence-corrected chi connectivity index (χ3v) is 7.99. The second-order valence-electron chi connectivity index (χ2n) is 9.57. The number of rotatable bonds is 5. The molecule has 0 aromatic heterocycles. The van der Waals surface area contributed by atoms with E-state index in [2.05, 4.69) is 77.5 Å². The lowest BCUT2D eigenvalue weighted by Crippen LogP contribution is -2.53. The monoisotopic (exact) mass is 402 g/mol. The number of amides is 1. The molecule has 3 atom stereocenters. The van der Waals surface area contributed by atoms with Crippen molar-refractivity contribution in [2.75, 3.05) is 20.1 Å². The van der Waals surface area contributed by atoms with Crippen LogP contribution in [0.1, 0.15) is 56.1 Å². The summed E-state index contributed by atoms with van der Waals surface area (Å²) in [6, 6.07) is 22.3. The molecule has 1 saturated heterocycles. The molecule has 0 spiro atoms. The van der Waals surface area contributed by atoms with Crippen LogP contribution in [0.4, 0.5) is 0 Å². The zero-order valence-corrected chi connectivity index (χ0v) is 18.2. The van der Waals surface area contributed by atoms with Crippen molar-refractivity contribution in [2.45, 2.75) is 62.4 Å². The molecular formula is C27H34N2O. The topological polar surface area (TPSA) is 23.6 Å². The molecule has 5 rings (SSSR count). The Bertz CT molecular complexity index is 819. The highest BCUT2D eigenvalue weighted by molar-refractivity contribution is 5.86. The maximum atomic E-state index is 13.8. The first-order chi connectivity index (χ1) is 14.7. The van der Waals surface area contributed by atoms with E-state index in [0.717, 1.165) is 12.8 Å². The minimum atomic E-state index is -0.161. The molecule has 0 bridgehead atoms. The molecule has 0 N–H and O–H groups in total. The maximum Gasteiger partial charge on any atom is 0.227 e. The molecule has 1 heterocycles. The lowest BCUT2D eigenvalue weighted by atomic mass is 9.84. The molecule has 1 amide bonds. The summed E-state index contributed by atoms with van der Waals surface area (Å²) < 4.78 is 0. The summed E-state index contributed by atoms with van der Waals surface area (Å²) in [6.45, 7) is 2.43. The van der Waals surface area contributed by atoms with E-state index in [0.29, 0.717) is 18.0 Å². The van der Waals surface area contributed by atoms with Gasteiger partial charge in [-0.1, -0.05) is 73.5 Å². The minimum absolute atomic E-state index is 0.0495. The number of nitrogens with zero attached hydrogens (tertiary/aromatic N) is 2. The van der Waals surface area contributed by atoms with Crippen LogP contribution < -0.4 is 0 Å². The number of hydrogen-bond donors (Lipinski definition) is 0. The molecule has 3 heteroatoms. The van der Waals surface area contributed by atoms with Gasteiger partial charge in [-0.2, -0.15) is 0 Å². The summed E-state index contributed by atoms with van der Waals surface area (Å²) in [7, 11) is 2.08. The van der Waals surface area contributed by atoms with Gasteiger partial charge in [0.1, 0.15) is 0 Å². The van der Waals surface area contributed by atoms with Crippen LogP contribution in [0, 0.1) is 5.92 Å². The molecule has 2 saturated carbocycles. The first kappa shape index (κ1) is 19.8. The average Bonchev–Trinajstić information content (AvgIpc) is 3.34. The third-order valence-electron chi connectivity index (χ3n) is 7.99. The van der Waals surface area contributed by atoms with Gasteiger partial charge in [0.2, 0.25) is 5.91 Å². The Balaban J connectivity index is 1.41. The van der Waals surface area contributed by atoms with E-state index in [1.807, 2.05) is 0 Å². The van der Waals surface area contributed by atoms with Crippen molar-refractivity contribution in [2.24, 2.45) is 5.92 Å². The van der Waals surface area contributed by atoms with Crippen molar-refractivity contribution < 1.29 is 4.79 Å². The molecule has 30 heavy (non-hydrogen) atoms. The van der Waals surface area contributed by atoms with E-state index in [9.17, 15) is 4.79 Å². The average molecular weight is 403 g/mol. The zero-order chi connectivity index (χ0) is 20.6. The van der Waals surface area contributed by atoms with Gasteiger partial charge >= 0.3 is 0 Å². The number of likely N-dealkylation sites (N-methyl/N-ethyl adjacent to an activating group) is 1. The van der Waals surface area contributed by atoms with Crippen molar-refractivity contribution in [3.63, 3.8) is 0 Å². The predicted molar refractivity (Wildman–Crippen MR) is 121 cm³/mol. The molecule has 2 aromatic carbocycles.